The van der Waals surface area contributed by atoms with Crippen LogP contribution < -0.4 is 5.32 Å². The van der Waals surface area contributed by atoms with E-state index in [1.165, 1.54) is 10.6 Å². The zero-order valence-electron chi connectivity index (χ0n) is 11.3. The highest BCUT2D eigenvalue weighted by Crippen LogP contribution is 2.14. The van der Waals surface area contributed by atoms with E-state index in [0.29, 0.717) is 0 Å². The average molecular weight is 274 g/mol. The van der Waals surface area contributed by atoms with Crippen LogP contribution in [0.5, 0.6) is 0 Å². The summed E-state index contributed by atoms with van der Waals surface area (Å²) >= 11 is 1.55. The molecule has 2 aromatic rings. The fraction of sp³-hybridized carbons (Fsp3) is 0.429. The Morgan fingerprint density at radius 2 is 2.26 bits per heavy atom. The van der Waals surface area contributed by atoms with Crippen molar-refractivity contribution in [2.75, 3.05) is 6.54 Å². The number of rotatable bonds is 6. The number of hydrogen-bond donors (Lipinski definition) is 1. The molecule has 0 spiro atoms. The molecule has 4 nitrogen and oxygen atoms in total. The van der Waals surface area contributed by atoms with E-state index in [1.54, 1.807) is 11.3 Å². The van der Waals surface area contributed by atoms with Crippen LogP contribution in [0.25, 0.3) is 0 Å². The Balaban J connectivity index is 1.67. The van der Waals surface area contributed by atoms with Crippen LogP contribution in [0.2, 0.25) is 0 Å². The van der Waals surface area contributed by atoms with Gasteiger partial charge in [0.15, 0.2) is 0 Å². The van der Waals surface area contributed by atoms with Gasteiger partial charge in [0, 0.05) is 23.7 Å². The van der Waals surface area contributed by atoms with Crippen molar-refractivity contribution in [2.24, 2.45) is 0 Å². The van der Waals surface area contributed by atoms with Gasteiger partial charge in [-0.25, -0.2) is 0 Å². The van der Waals surface area contributed by atoms with E-state index in [1.807, 2.05) is 19.1 Å². The molecule has 0 aliphatic carbocycles. The molecule has 1 N–H and O–H groups in total. The van der Waals surface area contributed by atoms with E-state index >= 15 is 0 Å². The molecule has 0 amide bonds. The topological polar surface area (TPSA) is 53.6 Å². The molecular formula is C14H18N4S. The molecule has 0 aromatic carbocycles. The molecule has 2 aromatic heterocycles. The molecule has 0 bridgehead atoms. The van der Waals surface area contributed by atoms with Crippen LogP contribution in [0.15, 0.2) is 18.2 Å². The van der Waals surface area contributed by atoms with Gasteiger partial charge in [-0.05, 0) is 45.0 Å². The normalized spacial score (nSPS) is 10.6. The molecule has 100 valence electrons. The molecule has 0 atom stereocenters. The Bertz CT molecular complexity index is 577. The fourth-order valence-corrected chi connectivity index (χ4v) is 2.77. The lowest BCUT2D eigenvalue weighted by molar-refractivity contribution is 0.533. The number of aromatic nitrogens is 2. The average Bonchev–Trinajstić information content (AvgIpc) is 2.96. The van der Waals surface area contributed by atoms with Gasteiger partial charge >= 0.3 is 0 Å². The first-order valence-electron chi connectivity index (χ1n) is 6.39. The molecule has 0 aliphatic heterocycles. The van der Waals surface area contributed by atoms with Crippen molar-refractivity contribution in [1.29, 1.82) is 5.26 Å². The summed E-state index contributed by atoms with van der Waals surface area (Å²) in [6.07, 6.45) is 1.05. The minimum Gasteiger partial charge on any atom is -0.312 e. The second kappa shape index (κ2) is 6.50. The third-order valence-electron chi connectivity index (χ3n) is 2.90. The number of nitrogens with one attached hydrogen (secondary N) is 1. The second-order valence-electron chi connectivity index (χ2n) is 4.56. The SMILES string of the molecule is Cc1cc(C)n(CCCNCc2ccc(C#N)s2)n1. The van der Waals surface area contributed by atoms with Gasteiger partial charge in [0.2, 0.25) is 0 Å². The van der Waals surface area contributed by atoms with Crippen molar-refractivity contribution in [1.82, 2.24) is 15.1 Å². The standard InChI is InChI=1S/C14H18N4S/c1-11-8-12(2)18(17-11)7-3-6-16-10-14-5-4-13(9-15)19-14/h4-5,8,16H,3,6-7,10H2,1-2H3. The Morgan fingerprint density at radius 3 is 2.89 bits per heavy atom. The Morgan fingerprint density at radius 1 is 1.42 bits per heavy atom. The van der Waals surface area contributed by atoms with Gasteiger partial charge in [-0.3, -0.25) is 4.68 Å². The van der Waals surface area contributed by atoms with Gasteiger partial charge in [-0.2, -0.15) is 10.4 Å². The summed E-state index contributed by atoms with van der Waals surface area (Å²) in [7, 11) is 0. The van der Waals surface area contributed by atoms with Gasteiger partial charge < -0.3 is 5.32 Å². The predicted molar refractivity (Wildman–Crippen MR) is 77.1 cm³/mol. The maximum Gasteiger partial charge on any atom is 0.110 e. The van der Waals surface area contributed by atoms with Crippen molar-refractivity contribution in [3.05, 3.63) is 39.3 Å². The maximum atomic E-state index is 8.74. The van der Waals surface area contributed by atoms with Crippen LogP contribution in [-0.4, -0.2) is 16.3 Å². The summed E-state index contributed by atoms with van der Waals surface area (Å²) < 4.78 is 2.05. The highest BCUT2D eigenvalue weighted by molar-refractivity contribution is 7.12. The molecule has 5 heteroatoms. The quantitative estimate of drug-likeness (QED) is 0.824. The second-order valence-corrected chi connectivity index (χ2v) is 5.73. The van der Waals surface area contributed by atoms with Gasteiger partial charge in [0.25, 0.3) is 0 Å². The minimum absolute atomic E-state index is 0.777. The minimum atomic E-state index is 0.777. The van der Waals surface area contributed by atoms with Crippen molar-refractivity contribution < 1.29 is 0 Å². The summed E-state index contributed by atoms with van der Waals surface area (Å²) in [6.45, 7) is 6.84. The van der Waals surface area contributed by atoms with E-state index in [4.69, 9.17) is 5.26 Å². The molecular weight excluding hydrogens is 256 g/mol. The van der Waals surface area contributed by atoms with Crippen molar-refractivity contribution in [3.8, 4) is 6.07 Å². The smallest absolute Gasteiger partial charge is 0.110 e. The van der Waals surface area contributed by atoms with Crippen LogP contribution in [0.1, 0.15) is 27.6 Å². The number of nitriles is 1. The van der Waals surface area contributed by atoms with Gasteiger partial charge in [-0.15, -0.1) is 11.3 Å². The van der Waals surface area contributed by atoms with Gasteiger partial charge in [0.05, 0.1) is 5.69 Å². The lowest BCUT2D eigenvalue weighted by atomic mass is 10.3. The first-order chi connectivity index (χ1) is 9.19. The largest absolute Gasteiger partial charge is 0.312 e. The zero-order valence-corrected chi connectivity index (χ0v) is 12.1. The Hall–Kier alpha value is -1.64. The molecule has 0 fully saturated rings. The molecule has 0 unspecified atom stereocenters. The van der Waals surface area contributed by atoms with E-state index < -0.39 is 0 Å². The van der Waals surface area contributed by atoms with Crippen molar-refractivity contribution in [2.45, 2.75) is 33.4 Å². The summed E-state index contributed by atoms with van der Waals surface area (Å²) in [5.41, 5.74) is 2.29. The monoisotopic (exact) mass is 274 g/mol. The van der Waals surface area contributed by atoms with Crippen LogP contribution in [-0.2, 0) is 13.1 Å². The highest BCUT2D eigenvalue weighted by atomic mass is 32.1. The first-order valence-corrected chi connectivity index (χ1v) is 7.21. The van der Waals surface area contributed by atoms with Crippen LogP contribution in [0.3, 0.4) is 0 Å². The lowest BCUT2D eigenvalue weighted by Crippen LogP contribution is -2.16. The summed E-state index contributed by atoms with van der Waals surface area (Å²) in [5, 5.41) is 16.6. The van der Waals surface area contributed by atoms with Crippen LogP contribution >= 0.6 is 11.3 Å². The number of hydrogen-bond acceptors (Lipinski definition) is 4. The molecule has 0 saturated carbocycles. The van der Waals surface area contributed by atoms with Crippen molar-refractivity contribution in [3.63, 3.8) is 0 Å². The zero-order chi connectivity index (χ0) is 13.7. The highest BCUT2D eigenvalue weighted by Gasteiger charge is 2.01. The van der Waals surface area contributed by atoms with Crippen molar-refractivity contribution >= 4 is 11.3 Å². The van der Waals surface area contributed by atoms with E-state index in [9.17, 15) is 0 Å². The third kappa shape index (κ3) is 3.91. The predicted octanol–water partition coefficient (Wildman–Crippen LogP) is 2.61. The number of nitrogens with zero attached hydrogens (tertiary/aromatic N) is 3. The molecule has 0 saturated heterocycles. The number of thiophene rings is 1. The van der Waals surface area contributed by atoms with Gasteiger partial charge in [-0.1, -0.05) is 0 Å². The van der Waals surface area contributed by atoms with Crippen LogP contribution in [0, 0.1) is 25.2 Å². The van der Waals surface area contributed by atoms with E-state index in [-0.39, 0.29) is 0 Å². The molecule has 0 aliphatic rings. The molecule has 2 heterocycles. The molecule has 2 rings (SSSR count). The fourth-order valence-electron chi connectivity index (χ4n) is 2.00. The third-order valence-corrected chi connectivity index (χ3v) is 3.89. The van der Waals surface area contributed by atoms with E-state index in [2.05, 4.69) is 34.2 Å². The van der Waals surface area contributed by atoms with Gasteiger partial charge in [0.1, 0.15) is 10.9 Å². The summed E-state index contributed by atoms with van der Waals surface area (Å²) in [4.78, 5) is 1.99. The summed E-state index contributed by atoms with van der Waals surface area (Å²) in [5.74, 6) is 0. The number of aryl methyl sites for hydroxylation is 3. The van der Waals surface area contributed by atoms with E-state index in [0.717, 1.165) is 36.6 Å². The summed E-state index contributed by atoms with van der Waals surface area (Å²) in [6, 6.07) is 8.14. The Kier molecular flexibility index (Phi) is 4.72. The molecule has 19 heavy (non-hydrogen) atoms. The lowest BCUT2D eigenvalue weighted by Gasteiger charge is -2.05. The van der Waals surface area contributed by atoms with Crippen LogP contribution in [0.4, 0.5) is 0 Å². The Labute approximate surface area is 117 Å². The molecule has 0 radical (unpaired) electrons. The first kappa shape index (κ1) is 13.8. The maximum absolute atomic E-state index is 8.74.